The number of aromatic carboxylic acids is 1. The van der Waals surface area contributed by atoms with Crippen molar-refractivity contribution >= 4 is 33.5 Å². The van der Waals surface area contributed by atoms with Gasteiger partial charge in [0.2, 0.25) is 0 Å². The van der Waals surface area contributed by atoms with Crippen molar-refractivity contribution in [2.45, 2.75) is 0 Å². The third kappa shape index (κ3) is 2.40. The zero-order chi connectivity index (χ0) is 15.0. The van der Waals surface area contributed by atoms with Crippen LogP contribution in [-0.4, -0.2) is 30.1 Å². The highest BCUT2D eigenvalue weighted by molar-refractivity contribution is 9.10. The fourth-order valence-corrected chi connectivity index (χ4v) is 2.50. The van der Waals surface area contributed by atoms with Crippen molar-refractivity contribution in [2.24, 2.45) is 0 Å². The van der Waals surface area contributed by atoms with Gasteiger partial charge in [0, 0.05) is 0 Å². The quantitative estimate of drug-likeness (QED) is 0.899. The number of anilines is 1. The molecule has 0 saturated carbocycles. The average Bonchev–Trinajstić information content (AvgIpc) is 2.91. The Morgan fingerprint density at radius 3 is 2.71 bits per heavy atom. The third-order valence-corrected chi connectivity index (χ3v) is 3.53. The molecular weight excluding hydrogens is 342 g/mol. The van der Waals surface area contributed by atoms with Crippen molar-refractivity contribution in [3.05, 3.63) is 46.3 Å². The summed E-state index contributed by atoms with van der Waals surface area (Å²) < 4.78 is 11.1. The molecule has 1 amide bonds. The Bertz CT molecular complexity index is 724. The van der Waals surface area contributed by atoms with Crippen LogP contribution in [0.1, 0.15) is 20.9 Å². The maximum absolute atomic E-state index is 12.5. The summed E-state index contributed by atoms with van der Waals surface area (Å²) in [7, 11) is 0. The molecule has 1 aliphatic heterocycles. The minimum absolute atomic E-state index is 0.0330. The van der Waals surface area contributed by atoms with Crippen LogP contribution >= 0.6 is 15.9 Å². The summed E-state index contributed by atoms with van der Waals surface area (Å²) in [6, 6.07) is 7.86. The normalized spacial score (nSPS) is 13.5. The monoisotopic (exact) mass is 351 g/mol. The van der Waals surface area contributed by atoms with Crippen LogP contribution in [0.4, 0.5) is 5.69 Å². The number of carbonyl (C=O) groups excluding carboxylic acids is 1. The number of furan rings is 1. The van der Waals surface area contributed by atoms with Crippen molar-refractivity contribution < 1.29 is 23.8 Å². The fraction of sp³-hybridized carbons (Fsp3) is 0.143. The fourth-order valence-electron chi connectivity index (χ4n) is 2.19. The number of carbonyl (C=O) groups is 2. The van der Waals surface area contributed by atoms with E-state index in [0.29, 0.717) is 16.9 Å². The Morgan fingerprint density at radius 1 is 1.24 bits per heavy atom. The molecule has 0 spiro atoms. The van der Waals surface area contributed by atoms with E-state index < -0.39 is 5.97 Å². The van der Waals surface area contributed by atoms with E-state index in [1.807, 2.05) is 0 Å². The smallest absolute Gasteiger partial charge is 0.339 e. The molecule has 0 fully saturated rings. The number of hydrogen-bond acceptors (Lipinski definition) is 4. The molecule has 0 atom stereocenters. The number of amides is 1. The Labute approximate surface area is 128 Å². The van der Waals surface area contributed by atoms with Gasteiger partial charge in [0.15, 0.2) is 16.2 Å². The summed E-state index contributed by atoms with van der Waals surface area (Å²) >= 11 is 3.15. The number of ether oxygens (including phenoxy) is 1. The van der Waals surface area contributed by atoms with Gasteiger partial charge in [0.05, 0.1) is 12.2 Å². The lowest BCUT2D eigenvalue weighted by atomic mass is 10.1. The number of hydrogen-bond donors (Lipinski definition) is 1. The van der Waals surface area contributed by atoms with Crippen LogP contribution in [0.15, 0.2) is 39.4 Å². The second kappa shape index (κ2) is 5.25. The van der Waals surface area contributed by atoms with E-state index >= 15 is 0 Å². The zero-order valence-electron chi connectivity index (χ0n) is 10.7. The molecule has 108 valence electrons. The number of benzene rings is 1. The first-order valence-electron chi connectivity index (χ1n) is 6.14. The summed E-state index contributed by atoms with van der Waals surface area (Å²) in [6.07, 6.45) is 0. The van der Waals surface area contributed by atoms with Crippen molar-refractivity contribution in [3.63, 3.8) is 0 Å². The number of nitrogens with zero attached hydrogens (tertiary/aromatic N) is 1. The van der Waals surface area contributed by atoms with E-state index in [9.17, 15) is 14.7 Å². The number of carboxylic acid groups (broad SMARTS) is 1. The second-order valence-corrected chi connectivity index (χ2v) is 5.15. The van der Waals surface area contributed by atoms with Crippen LogP contribution in [0.25, 0.3) is 0 Å². The lowest BCUT2D eigenvalue weighted by molar-refractivity contribution is 0.0690. The first-order valence-corrected chi connectivity index (χ1v) is 6.93. The lowest BCUT2D eigenvalue weighted by Gasteiger charge is -2.29. The summed E-state index contributed by atoms with van der Waals surface area (Å²) in [4.78, 5) is 25.1. The molecule has 21 heavy (non-hydrogen) atoms. The van der Waals surface area contributed by atoms with E-state index in [4.69, 9.17) is 9.15 Å². The van der Waals surface area contributed by atoms with Gasteiger partial charge in [-0.2, -0.15) is 0 Å². The van der Waals surface area contributed by atoms with Crippen molar-refractivity contribution in [3.8, 4) is 5.75 Å². The van der Waals surface area contributed by atoms with Crippen LogP contribution in [0.3, 0.4) is 0 Å². The maximum Gasteiger partial charge on any atom is 0.339 e. The molecule has 1 aromatic carbocycles. The summed E-state index contributed by atoms with van der Waals surface area (Å²) in [5.74, 6) is -1.06. The Kier molecular flexibility index (Phi) is 3.42. The van der Waals surface area contributed by atoms with Gasteiger partial charge in [0.1, 0.15) is 12.2 Å². The van der Waals surface area contributed by atoms with Crippen molar-refractivity contribution in [2.75, 3.05) is 18.1 Å². The molecule has 1 N–H and O–H groups in total. The molecule has 0 radical (unpaired) electrons. The standard InChI is InChI=1S/C14H10BrNO5/c15-11-5-4-10(21-11)13(17)16-6-7-20-12-8(14(18)19)2-1-3-9(12)16/h1-5H,6-7H2,(H,18,19). The highest BCUT2D eigenvalue weighted by Crippen LogP contribution is 2.36. The zero-order valence-corrected chi connectivity index (χ0v) is 12.3. The first-order chi connectivity index (χ1) is 10.1. The highest BCUT2D eigenvalue weighted by atomic mass is 79.9. The molecule has 2 aromatic rings. The van der Waals surface area contributed by atoms with Crippen molar-refractivity contribution in [1.29, 1.82) is 0 Å². The van der Waals surface area contributed by atoms with Gasteiger partial charge in [-0.05, 0) is 40.2 Å². The van der Waals surface area contributed by atoms with E-state index in [1.165, 1.54) is 11.0 Å². The second-order valence-electron chi connectivity index (χ2n) is 4.37. The largest absolute Gasteiger partial charge is 0.489 e. The predicted molar refractivity (Wildman–Crippen MR) is 77.0 cm³/mol. The van der Waals surface area contributed by atoms with Crippen LogP contribution in [0.2, 0.25) is 0 Å². The van der Waals surface area contributed by atoms with E-state index in [2.05, 4.69) is 15.9 Å². The van der Waals surface area contributed by atoms with Gasteiger partial charge >= 0.3 is 5.97 Å². The molecule has 1 aromatic heterocycles. The number of para-hydroxylation sites is 1. The molecule has 1 aliphatic rings. The minimum atomic E-state index is -1.10. The summed E-state index contributed by atoms with van der Waals surface area (Å²) in [5.41, 5.74) is 0.462. The van der Waals surface area contributed by atoms with Gasteiger partial charge in [-0.1, -0.05) is 6.07 Å². The van der Waals surface area contributed by atoms with Crippen LogP contribution in [0, 0.1) is 0 Å². The van der Waals surface area contributed by atoms with E-state index in [1.54, 1.807) is 24.3 Å². The lowest BCUT2D eigenvalue weighted by Crippen LogP contribution is -2.38. The average molecular weight is 352 g/mol. The summed E-state index contributed by atoms with van der Waals surface area (Å²) in [5, 5.41) is 9.18. The number of rotatable bonds is 2. The van der Waals surface area contributed by atoms with Gasteiger partial charge in [-0.25, -0.2) is 4.79 Å². The molecule has 0 saturated heterocycles. The van der Waals surface area contributed by atoms with Gasteiger partial charge in [0.25, 0.3) is 5.91 Å². The van der Waals surface area contributed by atoms with Crippen LogP contribution in [-0.2, 0) is 0 Å². The maximum atomic E-state index is 12.5. The molecule has 6 nitrogen and oxygen atoms in total. The van der Waals surface area contributed by atoms with Crippen LogP contribution < -0.4 is 9.64 Å². The first kappa shape index (κ1) is 13.7. The molecule has 3 rings (SSSR count). The van der Waals surface area contributed by atoms with Gasteiger partial charge in [-0.3, -0.25) is 9.69 Å². The third-order valence-electron chi connectivity index (χ3n) is 3.11. The van der Waals surface area contributed by atoms with Gasteiger partial charge < -0.3 is 14.3 Å². The number of halogens is 1. The number of fused-ring (bicyclic) bond motifs is 1. The molecule has 0 unspecified atom stereocenters. The predicted octanol–water partition coefficient (Wildman–Crippen LogP) is 2.78. The van der Waals surface area contributed by atoms with E-state index in [0.717, 1.165) is 0 Å². The summed E-state index contributed by atoms with van der Waals surface area (Å²) in [6.45, 7) is 0.554. The van der Waals surface area contributed by atoms with Gasteiger partial charge in [-0.15, -0.1) is 0 Å². The molecule has 0 aliphatic carbocycles. The Balaban J connectivity index is 2.03. The Morgan fingerprint density at radius 2 is 2.05 bits per heavy atom. The minimum Gasteiger partial charge on any atom is -0.489 e. The SMILES string of the molecule is O=C(O)c1cccc2c1OCCN2C(=O)c1ccc(Br)o1. The number of carboxylic acids is 1. The topological polar surface area (TPSA) is 80.0 Å². The highest BCUT2D eigenvalue weighted by Gasteiger charge is 2.29. The van der Waals surface area contributed by atoms with Crippen LogP contribution in [0.5, 0.6) is 5.75 Å². The van der Waals surface area contributed by atoms with Crippen molar-refractivity contribution in [1.82, 2.24) is 0 Å². The molecular formula is C14H10BrNO5. The molecule has 2 heterocycles. The van der Waals surface area contributed by atoms with E-state index in [-0.39, 0.29) is 29.6 Å². The Hall–Kier alpha value is -2.28. The molecule has 0 bridgehead atoms. The molecule has 7 heteroatoms.